The minimum Gasteiger partial charge on any atom is -0.337 e. The second-order valence-corrected chi connectivity index (χ2v) is 10.4. The van der Waals surface area contributed by atoms with Crippen molar-refractivity contribution < 1.29 is 13.2 Å². The molecule has 6 heteroatoms. The Balaban J connectivity index is 1.63. The van der Waals surface area contributed by atoms with Gasteiger partial charge in [0.15, 0.2) is 9.84 Å². The van der Waals surface area contributed by atoms with E-state index < -0.39 is 9.84 Å². The summed E-state index contributed by atoms with van der Waals surface area (Å²) in [4.78, 5) is 13.0. The fraction of sp³-hybridized carbons (Fsp3) is 0.222. The Labute approximate surface area is 195 Å². The lowest BCUT2D eigenvalue weighted by Crippen LogP contribution is -2.18. The number of aromatic nitrogens is 1. The molecule has 1 N–H and O–H groups in total. The zero-order chi connectivity index (χ0) is 23.6. The van der Waals surface area contributed by atoms with E-state index in [9.17, 15) is 13.2 Å². The third kappa shape index (κ3) is 5.01. The summed E-state index contributed by atoms with van der Waals surface area (Å²) in [5.41, 5.74) is 5.39. The van der Waals surface area contributed by atoms with Crippen molar-refractivity contribution in [2.24, 2.45) is 0 Å². The molecule has 1 heterocycles. The van der Waals surface area contributed by atoms with Gasteiger partial charge in [0.2, 0.25) is 5.91 Å². The van der Waals surface area contributed by atoms with Crippen LogP contribution in [0.2, 0.25) is 0 Å². The maximum absolute atomic E-state index is 13.4. The largest absolute Gasteiger partial charge is 0.337 e. The number of nitrogens with one attached hydrogen (secondary N) is 1. The molecule has 0 atom stereocenters. The first kappa shape index (κ1) is 22.8. The van der Waals surface area contributed by atoms with Gasteiger partial charge < -0.3 is 9.88 Å². The monoisotopic (exact) mass is 460 g/mol. The highest BCUT2D eigenvalue weighted by Crippen LogP contribution is 2.29. The van der Waals surface area contributed by atoms with E-state index in [1.807, 2.05) is 74.5 Å². The van der Waals surface area contributed by atoms with E-state index in [-0.39, 0.29) is 23.1 Å². The lowest BCUT2D eigenvalue weighted by Gasteiger charge is -2.08. The van der Waals surface area contributed by atoms with E-state index >= 15 is 0 Å². The van der Waals surface area contributed by atoms with Crippen LogP contribution in [0.1, 0.15) is 29.2 Å². The summed E-state index contributed by atoms with van der Waals surface area (Å²) in [6.45, 7) is 5.98. The predicted octanol–water partition coefficient (Wildman–Crippen LogP) is 5.43. The molecule has 0 radical (unpaired) electrons. The van der Waals surface area contributed by atoms with E-state index in [1.165, 1.54) is 5.56 Å². The van der Waals surface area contributed by atoms with Crippen molar-refractivity contribution in [3.8, 4) is 0 Å². The number of carbonyl (C=O) groups is 1. The number of aryl methyl sites for hydroxylation is 3. The number of hydrogen-bond donors (Lipinski definition) is 1. The van der Waals surface area contributed by atoms with Gasteiger partial charge in [0.05, 0.1) is 10.6 Å². The average Bonchev–Trinajstić information content (AvgIpc) is 3.16. The third-order valence-corrected chi connectivity index (χ3v) is 7.58. The van der Waals surface area contributed by atoms with Crippen molar-refractivity contribution in [2.75, 3.05) is 5.32 Å². The summed E-state index contributed by atoms with van der Waals surface area (Å²) < 4.78 is 28.5. The van der Waals surface area contributed by atoms with Gasteiger partial charge >= 0.3 is 0 Å². The normalized spacial score (nSPS) is 11.6. The van der Waals surface area contributed by atoms with E-state index in [0.29, 0.717) is 10.9 Å². The standard InChI is InChI=1S/C27H28N2O3S/c1-4-21-11-13-23(14-12-21)28-27(30)17-29-16-26(24-7-5-6-8-25(24)29)33(31,32)18-22-15-19(2)9-10-20(22)3/h5-16H,4,17-18H2,1-3H3,(H,28,30). The lowest BCUT2D eigenvalue weighted by molar-refractivity contribution is -0.116. The van der Waals surface area contributed by atoms with Crippen molar-refractivity contribution in [1.82, 2.24) is 4.57 Å². The molecule has 0 saturated carbocycles. The first-order chi connectivity index (χ1) is 15.8. The van der Waals surface area contributed by atoms with Gasteiger partial charge in [-0.15, -0.1) is 0 Å². The highest BCUT2D eigenvalue weighted by Gasteiger charge is 2.23. The summed E-state index contributed by atoms with van der Waals surface area (Å²) in [6.07, 6.45) is 2.52. The Bertz CT molecular complexity index is 1420. The Morgan fingerprint density at radius 3 is 2.42 bits per heavy atom. The van der Waals surface area contributed by atoms with Gasteiger partial charge in [-0.3, -0.25) is 4.79 Å². The molecule has 0 bridgehead atoms. The molecular weight excluding hydrogens is 432 g/mol. The second-order valence-electron chi connectivity index (χ2n) is 8.43. The molecule has 0 saturated heterocycles. The van der Waals surface area contributed by atoms with E-state index in [1.54, 1.807) is 16.8 Å². The third-order valence-electron chi connectivity index (χ3n) is 5.90. The Kier molecular flexibility index (Phi) is 6.38. The van der Waals surface area contributed by atoms with Crippen LogP contribution < -0.4 is 5.32 Å². The first-order valence-corrected chi connectivity index (χ1v) is 12.7. The number of amides is 1. The summed E-state index contributed by atoms with van der Waals surface area (Å²) in [5.74, 6) is -0.289. The molecule has 0 unspecified atom stereocenters. The fourth-order valence-corrected chi connectivity index (χ4v) is 5.68. The molecule has 4 aromatic rings. The summed E-state index contributed by atoms with van der Waals surface area (Å²) in [7, 11) is -3.61. The van der Waals surface area contributed by atoms with Crippen LogP contribution in [0, 0.1) is 13.8 Å². The number of fused-ring (bicyclic) bond motifs is 1. The predicted molar refractivity (Wildman–Crippen MR) is 133 cm³/mol. The molecule has 1 amide bonds. The Morgan fingerprint density at radius 2 is 1.70 bits per heavy atom. The number of rotatable bonds is 7. The van der Waals surface area contributed by atoms with Crippen molar-refractivity contribution in [2.45, 2.75) is 44.4 Å². The van der Waals surface area contributed by atoms with Crippen molar-refractivity contribution >= 4 is 32.3 Å². The van der Waals surface area contributed by atoms with Crippen LogP contribution in [-0.2, 0) is 33.4 Å². The van der Waals surface area contributed by atoms with E-state index in [0.717, 1.165) is 28.8 Å². The quantitative estimate of drug-likeness (QED) is 0.400. The van der Waals surface area contributed by atoms with Gasteiger partial charge in [0.25, 0.3) is 0 Å². The molecule has 0 spiro atoms. The van der Waals surface area contributed by atoms with E-state index in [2.05, 4.69) is 12.2 Å². The van der Waals surface area contributed by atoms with Gasteiger partial charge in [-0.2, -0.15) is 0 Å². The van der Waals surface area contributed by atoms with Gasteiger partial charge in [-0.05, 0) is 55.2 Å². The molecular formula is C27H28N2O3S. The summed E-state index contributed by atoms with van der Waals surface area (Å²) in [6, 6.07) is 20.9. The molecule has 4 rings (SSSR count). The number of nitrogens with zero attached hydrogens (tertiary/aromatic N) is 1. The molecule has 0 aliphatic heterocycles. The second kappa shape index (κ2) is 9.24. The number of carbonyl (C=O) groups excluding carboxylic acids is 1. The molecule has 33 heavy (non-hydrogen) atoms. The Hall–Kier alpha value is -3.38. The van der Waals surface area contributed by atoms with Crippen LogP contribution in [0.25, 0.3) is 10.9 Å². The molecule has 1 aromatic heterocycles. The average molecular weight is 461 g/mol. The zero-order valence-electron chi connectivity index (χ0n) is 19.1. The summed E-state index contributed by atoms with van der Waals surface area (Å²) in [5, 5.41) is 3.53. The molecule has 5 nitrogen and oxygen atoms in total. The van der Waals surface area contributed by atoms with Crippen LogP contribution >= 0.6 is 0 Å². The number of anilines is 1. The van der Waals surface area contributed by atoms with Crippen LogP contribution in [-0.4, -0.2) is 18.9 Å². The van der Waals surface area contributed by atoms with E-state index in [4.69, 9.17) is 0 Å². The van der Waals surface area contributed by atoms with Gasteiger partial charge in [0, 0.05) is 22.8 Å². The maximum Gasteiger partial charge on any atom is 0.244 e. The molecule has 0 fully saturated rings. The van der Waals surface area contributed by atoms with Crippen LogP contribution in [0.4, 0.5) is 5.69 Å². The first-order valence-electron chi connectivity index (χ1n) is 11.0. The SMILES string of the molecule is CCc1ccc(NC(=O)Cn2cc(S(=O)(=O)Cc3cc(C)ccc3C)c3ccccc32)cc1. The van der Waals surface area contributed by atoms with Crippen molar-refractivity contribution in [3.05, 3.63) is 95.2 Å². The topological polar surface area (TPSA) is 68.2 Å². The maximum atomic E-state index is 13.4. The van der Waals surface area contributed by atoms with Gasteiger partial charge in [-0.25, -0.2) is 8.42 Å². The fourth-order valence-electron chi connectivity index (χ4n) is 4.01. The number of para-hydroxylation sites is 1. The molecule has 0 aliphatic carbocycles. The number of hydrogen-bond acceptors (Lipinski definition) is 3. The number of benzene rings is 3. The lowest BCUT2D eigenvalue weighted by atomic mass is 10.1. The highest BCUT2D eigenvalue weighted by atomic mass is 32.2. The minimum absolute atomic E-state index is 0.0229. The molecule has 0 aliphatic rings. The van der Waals surface area contributed by atoms with Crippen LogP contribution in [0.15, 0.2) is 77.8 Å². The Morgan fingerprint density at radius 1 is 0.970 bits per heavy atom. The van der Waals surface area contributed by atoms with Gasteiger partial charge in [0.1, 0.15) is 6.54 Å². The van der Waals surface area contributed by atoms with Crippen LogP contribution in [0.5, 0.6) is 0 Å². The van der Waals surface area contributed by atoms with Crippen LogP contribution in [0.3, 0.4) is 0 Å². The molecule has 3 aromatic carbocycles. The zero-order valence-corrected chi connectivity index (χ0v) is 19.9. The van der Waals surface area contributed by atoms with Crippen molar-refractivity contribution in [1.29, 1.82) is 0 Å². The van der Waals surface area contributed by atoms with Crippen molar-refractivity contribution in [3.63, 3.8) is 0 Å². The smallest absolute Gasteiger partial charge is 0.244 e. The van der Waals surface area contributed by atoms with Gasteiger partial charge in [-0.1, -0.05) is 61.0 Å². The molecule has 170 valence electrons. The highest BCUT2D eigenvalue weighted by molar-refractivity contribution is 7.90. The summed E-state index contributed by atoms with van der Waals surface area (Å²) >= 11 is 0. The number of sulfone groups is 1. The minimum atomic E-state index is -3.61.